The molecule has 0 aromatic carbocycles. The van der Waals surface area contributed by atoms with Crippen molar-refractivity contribution in [3.8, 4) is 0 Å². The molecule has 0 spiro atoms. The number of nitrogens with one attached hydrogen (secondary N) is 2. The molecule has 1 aliphatic carbocycles. The fourth-order valence-electron chi connectivity index (χ4n) is 4.13. The van der Waals surface area contributed by atoms with Crippen LogP contribution in [0.25, 0.3) is 11.0 Å². The number of pyridine rings is 1. The van der Waals surface area contributed by atoms with Crippen molar-refractivity contribution < 1.29 is 14.0 Å². The summed E-state index contributed by atoms with van der Waals surface area (Å²) in [5, 5.41) is 6.84. The summed E-state index contributed by atoms with van der Waals surface area (Å²) in [6.45, 7) is 9.31. The Hall–Kier alpha value is -2.57. The van der Waals surface area contributed by atoms with E-state index in [1.807, 2.05) is 11.0 Å². The molecule has 7 nitrogen and oxygen atoms in total. The van der Waals surface area contributed by atoms with Crippen molar-refractivity contribution in [2.24, 2.45) is 23.2 Å². The van der Waals surface area contributed by atoms with E-state index >= 15 is 0 Å². The van der Waals surface area contributed by atoms with Gasteiger partial charge in [0.05, 0.1) is 6.20 Å². The minimum Gasteiger partial charge on any atom is -0.449 e. The number of piperidine rings is 1. The van der Waals surface area contributed by atoms with E-state index in [9.17, 15) is 9.59 Å². The molecule has 0 bridgehead atoms. The minimum absolute atomic E-state index is 0.0496. The number of rotatable bonds is 5. The molecule has 2 fully saturated rings. The Morgan fingerprint density at radius 3 is 2.68 bits per heavy atom. The Morgan fingerprint density at radius 1 is 1.25 bits per heavy atom. The number of carbonyl (C=O) groups is 2. The van der Waals surface area contributed by atoms with Crippen LogP contribution in [-0.2, 0) is 0 Å². The first-order valence-electron chi connectivity index (χ1n) is 9.96. The lowest BCUT2D eigenvalue weighted by Gasteiger charge is -2.24. The van der Waals surface area contributed by atoms with Crippen molar-refractivity contribution in [1.29, 1.82) is 0 Å². The number of furan rings is 1. The number of amides is 3. The van der Waals surface area contributed by atoms with Gasteiger partial charge in [-0.05, 0) is 41.7 Å². The van der Waals surface area contributed by atoms with Gasteiger partial charge in [0.25, 0.3) is 5.91 Å². The maximum absolute atomic E-state index is 12.3. The molecule has 1 saturated carbocycles. The second-order valence-electron chi connectivity index (χ2n) is 9.18. The van der Waals surface area contributed by atoms with Crippen molar-refractivity contribution in [1.82, 2.24) is 20.5 Å². The molecule has 3 heterocycles. The quantitative estimate of drug-likeness (QED) is 0.830. The summed E-state index contributed by atoms with van der Waals surface area (Å²) in [4.78, 5) is 30.4. The van der Waals surface area contributed by atoms with Gasteiger partial charge in [-0.1, -0.05) is 20.8 Å². The molecule has 0 radical (unpaired) electrons. The predicted molar refractivity (Wildman–Crippen MR) is 106 cm³/mol. The third kappa shape index (κ3) is 3.98. The van der Waals surface area contributed by atoms with Gasteiger partial charge in [0.2, 0.25) is 0 Å². The van der Waals surface area contributed by atoms with E-state index in [4.69, 9.17) is 4.42 Å². The Labute approximate surface area is 164 Å². The summed E-state index contributed by atoms with van der Waals surface area (Å²) < 4.78 is 5.54. The van der Waals surface area contributed by atoms with Gasteiger partial charge in [-0.25, -0.2) is 4.79 Å². The first-order valence-corrected chi connectivity index (χ1v) is 9.96. The molecule has 2 aromatic rings. The van der Waals surface area contributed by atoms with E-state index in [0.29, 0.717) is 42.2 Å². The van der Waals surface area contributed by atoms with Crippen LogP contribution in [0, 0.1) is 23.2 Å². The number of aromatic nitrogens is 1. The molecule has 2 aliphatic rings. The third-order valence-corrected chi connectivity index (χ3v) is 5.74. The van der Waals surface area contributed by atoms with Crippen LogP contribution in [0.2, 0.25) is 0 Å². The maximum Gasteiger partial charge on any atom is 0.317 e. The second-order valence-corrected chi connectivity index (χ2v) is 9.18. The SMILES string of the molecule is CC(C)(C)CNC(=O)N1CC2C(CCNC(=O)c3cc4ccncc4o3)[C@H]2C1. The van der Waals surface area contributed by atoms with Gasteiger partial charge in [0.1, 0.15) is 0 Å². The number of carbonyl (C=O) groups excluding carboxylic acids is 2. The van der Waals surface area contributed by atoms with Gasteiger partial charge < -0.3 is 20.0 Å². The number of fused-ring (bicyclic) bond motifs is 2. The number of nitrogens with zero attached hydrogens (tertiary/aromatic N) is 2. The van der Waals surface area contributed by atoms with E-state index in [0.717, 1.165) is 24.9 Å². The van der Waals surface area contributed by atoms with Gasteiger partial charge >= 0.3 is 6.03 Å². The van der Waals surface area contributed by atoms with Crippen molar-refractivity contribution in [2.45, 2.75) is 27.2 Å². The van der Waals surface area contributed by atoms with Crippen LogP contribution in [0.15, 0.2) is 28.9 Å². The van der Waals surface area contributed by atoms with Gasteiger partial charge in [-0.15, -0.1) is 0 Å². The van der Waals surface area contributed by atoms with Crippen molar-refractivity contribution in [3.63, 3.8) is 0 Å². The Kier molecular flexibility index (Phi) is 4.77. The highest BCUT2D eigenvalue weighted by Gasteiger charge is 2.55. The van der Waals surface area contributed by atoms with E-state index in [2.05, 4.69) is 36.4 Å². The topological polar surface area (TPSA) is 87.5 Å². The average molecular weight is 384 g/mol. The highest BCUT2D eigenvalue weighted by Crippen LogP contribution is 2.53. The largest absolute Gasteiger partial charge is 0.449 e. The first kappa shape index (κ1) is 18.8. The fraction of sp³-hybridized carbons (Fsp3) is 0.571. The number of likely N-dealkylation sites (tertiary alicyclic amines) is 1. The number of urea groups is 1. The van der Waals surface area contributed by atoms with E-state index in [-0.39, 0.29) is 17.4 Å². The van der Waals surface area contributed by atoms with Gasteiger partial charge in [0.15, 0.2) is 11.3 Å². The lowest BCUT2D eigenvalue weighted by Crippen LogP contribution is -2.43. The zero-order valence-electron chi connectivity index (χ0n) is 16.7. The Morgan fingerprint density at radius 2 is 2.00 bits per heavy atom. The maximum atomic E-state index is 12.3. The van der Waals surface area contributed by atoms with E-state index < -0.39 is 0 Å². The minimum atomic E-state index is -0.190. The van der Waals surface area contributed by atoms with Crippen LogP contribution in [0.4, 0.5) is 4.79 Å². The lowest BCUT2D eigenvalue weighted by molar-refractivity contribution is 0.0926. The summed E-state index contributed by atoms with van der Waals surface area (Å²) in [6, 6.07) is 3.62. The molecule has 3 amide bonds. The van der Waals surface area contributed by atoms with Crippen LogP contribution in [-0.4, -0.2) is 48.0 Å². The highest BCUT2D eigenvalue weighted by molar-refractivity contribution is 5.95. The fourth-order valence-corrected chi connectivity index (χ4v) is 4.13. The van der Waals surface area contributed by atoms with Crippen LogP contribution < -0.4 is 10.6 Å². The zero-order chi connectivity index (χ0) is 19.9. The van der Waals surface area contributed by atoms with Crippen LogP contribution in [0.1, 0.15) is 37.7 Å². The highest BCUT2D eigenvalue weighted by atomic mass is 16.3. The molecule has 28 heavy (non-hydrogen) atoms. The molecule has 2 unspecified atom stereocenters. The van der Waals surface area contributed by atoms with Gasteiger partial charge in [0, 0.05) is 37.8 Å². The molecule has 2 N–H and O–H groups in total. The molecule has 2 aromatic heterocycles. The third-order valence-electron chi connectivity index (χ3n) is 5.74. The van der Waals surface area contributed by atoms with Crippen molar-refractivity contribution in [2.75, 3.05) is 26.2 Å². The summed E-state index contributed by atoms with van der Waals surface area (Å²) in [6.07, 6.45) is 4.24. The monoisotopic (exact) mass is 384 g/mol. The summed E-state index contributed by atoms with van der Waals surface area (Å²) in [5.74, 6) is 1.89. The molecule has 7 heteroatoms. The summed E-state index contributed by atoms with van der Waals surface area (Å²) in [7, 11) is 0. The number of hydrogen-bond acceptors (Lipinski definition) is 4. The van der Waals surface area contributed by atoms with Crippen LogP contribution in [0.3, 0.4) is 0 Å². The molecule has 1 saturated heterocycles. The second kappa shape index (κ2) is 7.11. The standard InChI is InChI=1S/C21H28N4O3/c1-21(2,3)12-24-20(27)25-10-15-14(16(15)11-25)5-7-23-19(26)17-8-13-4-6-22-9-18(13)28-17/h4,6,8-9,14-16H,5,7,10-12H2,1-3H3,(H,23,26)(H,24,27)/t14?,15-,16?/m1/s1. The van der Waals surface area contributed by atoms with Crippen LogP contribution in [0.5, 0.6) is 0 Å². The predicted octanol–water partition coefficient (Wildman–Crippen LogP) is 2.88. The van der Waals surface area contributed by atoms with Gasteiger partial charge in [-0.2, -0.15) is 0 Å². The summed E-state index contributed by atoms with van der Waals surface area (Å²) in [5.41, 5.74) is 0.712. The average Bonchev–Trinajstić information content (AvgIpc) is 3.04. The summed E-state index contributed by atoms with van der Waals surface area (Å²) >= 11 is 0. The number of hydrogen-bond donors (Lipinski definition) is 2. The van der Waals surface area contributed by atoms with Gasteiger partial charge in [-0.3, -0.25) is 9.78 Å². The lowest BCUT2D eigenvalue weighted by atomic mass is 9.97. The van der Waals surface area contributed by atoms with Crippen molar-refractivity contribution >= 4 is 22.9 Å². The molecule has 3 atom stereocenters. The molecular weight excluding hydrogens is 356 g/mol. The Bertz CT molecular complexity index is 840. The van der Waals surface area contributed by atoms with E-state index in [1.54, 1.807) is 18.5 Å². The zero-order valence-corrected chi connectivity index (χ0v) is 16.7. The smallest absolute Gasteiger partial charge is 0.317 e. The molecule has 1 aliphatic heterocycles. The molecule has 150 valence electrons. The van der Waals surface area contributed by atoms with Crippen molar-refractivity contribution in [3.05, 3.63) is 30.3 Å². The Balaban J connectivity index is 1.18. The van der Waals surface area contributed by atoms with Crippen LogP contribution >= 0.6 is 0 Å². The molecular formula is C21H28N4O3. The van der Waals surface area contributed by atoms with E-state index in [1.165, 1.54) is 0 Å². The first-order chi connectivity index (χ1) is 13.3. The molecule has 4 rings (SSSR count). The normalized spacial score (nSPS) is 23.5.